The maximum absolute atomic E-state index is 4.81. The highest BCUT2D eigenvalue weighted by atomic mass is 15.2. The normalized spacial score (nSPS) is 16.2. The molecule has 2 aliphatic rings. The molecule has 184 valence electrons. The van der Waals surface area contributed by atoms with Gasteiger partial charge in [0.05, 0.1) is 17.4 Å². The highest BCUT2D eigenvalue weighted by Crippen LogP contribution is 2.35. The Balaban J connectivity index is 1.34. The Morgan fingerprint density at radius 3 is 2.44 bits per heavy atom. The molecular formula is C29H33N7. The topological polar surface area (TPSA) is 62.1 Å². The first-order valence-corrected chi connectivity index (χ1v) is 12.8. The summed E-state index contributed by atoms with van der Waals surface area (Å²) in [6.45, 7) is 11.5. The van der Waals surface area contributed by atoms with Crippen molar-refractivity contribution in [2.24, 2.45) is 0 Å². The van der Waals surface area contributed by atoms with E-state index in [0.717, 1.165) is 77.8 Å². The van der Waals surface area contributed by atoms with E-state index in [1.165, 1.54) is 11.3 Å². The largest absolute Gasteiger partial charge is 0.369 e. The second-order valence-electron chi connectivity index (χ2n) is 10.1. The molecule has 0 aliphatic carbocycles. The summed E-state index contributed by atoms with van der Waals surface area (Å²) < 4.78 is 2.28. The van der Waals surface area contributed by atoms with Gasteiger partial charge in [-0.3, -0.25) is 4.98 Å². The van der Waals surface area contributed by atoms with Crippen molar-refractivity contribution in [1.82, 2.24) is 24.4 Å². The zero-order chi connectivity index (χ0) is 24.8. The molecule has 3 aromatic heterocycles. The number of benzene rings is 1. The van der Waals surface area contributed by atoms with Crippen molar-refractivity contribution < 1.29 is 0 Å². The molecule has 0 atom stereocenters. The number of anilines is 2. The molecule has 1 fully saturated rings. The predicted molar refractivity (Wildman–Crippen MR) is 148 cm³/mol. The third kappa shape index (κ3) is 4.03. The summed E-state index contributed by atoms with van der Waals surface area (Å²) in [5.74, 6) is 1.92. The van der Waals surface area contributed by atoms with Crippen molar-refractivity contribution in [1.29, 1.82) is 0 Å². The van der Waals surface area contributed by atoms with Crippen LogP contribution in [0.25, 0.3) is 27.7 Å². The quantitative estimate of drug-likeness (QED) is 0.445. The molecule has 1 saturated heterocycles. The number of nitrogens with zero attached hydrogens (tertiary/aromatic N) is 6. The summed E-state index contributed by atoms with van der Waals surface area (Å²) >= 11 is 0. The SMILES string of the molecule is Cc1nc2cnc(C3=CCNc4ncc(-c5ccc(N6CCN(C)CC6)cc5)cc43)cc2n1C(C)C. The average Bonchev–Trinajstić information content (AvgIpc) is 3.23. The predicted octanol–water partition coefficient (Wildman–Crippen LogP) is 4.99. The van der Waals surface area contributed by atoms with Gasteiger partial charge in [0.2, 0.25) is 0 Å². The molecule has 0 amide bonds. The molecule has 7 nitrogen and oxygen atoms in total. The van der Waals surface area contributed by atoms with E-state index in [9.17, 15) is 0 Å². The number of aromatic nitrogens is 4. The van der Waals surface area contributed by atoms with E-state index in [2.05, 4.69) is 90.0 Å². The molecule has 36 heavy (non-hydrogen) atoms. The second-order valence-corrected chi connectivity index (χ2v) is 10.1. The zero-order valence-electron chi connectivity index (χ0n) is 21.5. The van der Waals surface area contributed by atoms with Gasteiger partial charge in [0.1, 0.15) is 17.2 Å². The number of fused-ring (bicyclic) bond motifs is 2. The van der Waals surface area contributed by atoms with Crippen LogP contribution in [0.1, 0.15) is 37.0 Å². The van der Waals surface area contributed by atoms with Gasteiger partial charge >= 0.3 is 0 Å². The minimum Gasteiger partial charge on any atom is -0.369 e. The van der Waals surface area contributed by atoms with Gasteiger partial charge in [-0.15, -0.1) is 0 Å². The number of hydrogen-bond donors (Lipinski definition) is 1. The molecule has 0 saturated carbocycles. The summed E-state index contributed by atoms with van der Waals surface area (Å²) in [7, 11) is 2.19. The smallest absolute Gasteiger partial charge is 0.134 e. The molecular weight excluding hydrogens is 446 g/mol. The van der Waals surface area contributed by atoms with Crippen LogP contribution in [0.3, 0.4) is 0 Å². The van der Waals surface area contributed by atoms with E-state index in [1.54, 1.807) is 0 Å². The molecule has 1 aromatic carbocycles. The highest BCUT2D eigenvalue weighted by Gasteiger charge is 2.20. The molecule has 0 radical (unpaired) electrons. The summed E-state index contributed by atoms with van der Waals surface area (Å²) in [5, 5.41) is 3.42. The van der Waals surface area contributed by atoms with Gasteiger partial charge in [-0.05, 0) is 57.6 Å². The Labute approximate surface area is 212 Å². The lowest BCUT2D eigenvalue weighted by molar-refractivity contribution is 0.313. The molecule has 0 bridgehead atoms. The van der Waals surface area contributed by atoms with Gasteiger partial charge < -0.3 is 19.7 Å². The lowest BCUT2D eigenvalue weighted by Gasteiger charge is -2.34. The van der Waals surface area contributed by atoms with E-state index in [0.29, 0.717) is 6.04 Å². The van der Waals surface area contributed by atoms with Crippen molar-refractivity contribution in [2.45, 2.75) is 26.8 Å². The van der Waals surface area contributed by atoms with E-state index in [4.69, 9.17) is 15.0 Å². The molecule has 1 N–H and O–H groups in total. The minimum atomic E-state index is 0.335. The van der Waals surface area contributed by atoms with Crippen molar-refractivity contribution in [2.75, 3.05) is 50.0 Å². The molecule has 4 aromatic rings. The highest BCUT2D eigenvalue weighted by molar-refractivity contribution is 5.90. The fraction of sp³-hybridized carbons (Fsp3) is 0.345. The zero-order valence-corrected chi connectivity index (χ0v) is 21.5. The van der Waals surface area contributed by atoms with Crippen LogP contribution in [-0.2, 0) is 0 Å². The Bertz CT molecular complexity index is 1440. The van der Waals surface area contributed by atoms with Crippen molar-refractivity contribution in [3.05, 3.63) is 71.9 Å². The molecule has 7 heteroatoms. The molecule has 5 heterocycles. The number of aryl methyl sites for hydroxylation is 1. The molecule has 6 rings (SSSR count). The third-order valence-corrected chi connectivity index (χ3v) is 7.37. The first-order valence-electron chi connectivity index (χ1n) is 12.8. The lowest BCUT2D eigenvalue weighted by atomic mass is 9.96. The number of imidazole rings is 1. The minimum absolute atomic E-state index is 0.335. The van der Waals surface area contributed by atoms with E-state index in [1.807, 2.05) is 12.4 Å². The van der Waals surface area contributed by atoms with Gasteiger partial charge in [-0.25, -0.2) is 9.97 Å². The van der Waals surface area contributed by atoms with Gasteiger partial charge in [0.15, 0.2) is 0 Å². The van der Waals surface area contributed by atoms with Crippen LogP contribution in [0.15, 0.2) is 54.9 Å². The summed E-state index contributed by atoms with van der Waals surface area (Å²) in [5.41, 5.74) is 8.78. The maximum atomic E-state index is 4.81. The Hall–Kier alpha value is -3.71. The fourth-order valence-corrected chi connectivity index (χ4v) is 5.42. The van der Waals surface area contributed by atoms with E-state index in [-0.39, 0.29) is 0 Å². The first-order chi connectivity index (χ1) is 17.5. The van der Waals surface area contributed by atoms with Crippen LogP contribution in [-0.4, -0.2) is 64.2 Å². The van der Waals surface area contributed by atoms with Gasteiger partial charge in [-0.1, -0.05) is 18.2 Å². The first kappa shape index (κ1) is 22.7. The molecule has 2 aliphatic heterocycles. The van der Waals surface area contributed by atoms with Crippen LogP contribution >= 0.6 is 0 Å². The van der Waals surface area contributed by atoms with Crippen molar-refractivity contribution in [3.63, 3.8) is 0 Å². The lowest BCUT2D eigenvalue weighted by Crippen LogP contribution is -2.44. The standard InChI is InChI=1S/C29H33N7/c1-19(2)36-20(3)33-27-18-31-26(16-28(27)36)24-9-10-30-29-25(24)15-22(17-32-29)21-5-7-23(8-6-21)35-13-11-34(4)12-14-35/h5-9,15-19H,10-14H2,1-4H3,(H,30,32). The van der Waals surface area contributed by atoms with Gasteiger partial charge in [0, 0.05) is 67.3 Å². The number of likely N-dealkylation sites (N-methyl/N-ethyl adjacent to an activating group) is 1. The number of rotatable bonds is 4. The summed E-state index contributed by atoms with van der Waals surface area (Å²) in [6, 6.07) is 13.6. The maximum Gasteiger partial charge on any atom is 0.134 e. The number of pyridine rings is 2. The Morgan fingerprint density at radius 2 is 1.69 bits per heavy atom. The van der Waals surface area contributed by atoms with Crippen LogP contribution in [0.5, 0.6) is 0 Å². The Morgan fingerprint density at radius 1 is 0.917 bits per heavy atom. The number of hydrogen-bond acceptors (Lipinski definition) is 6. The van der Waals surface area contributed by atoms with Gasteiger partial charge in [-0.2, -0.15) is 0 Å². The summed E-state index contributed by atoms with van der Waals surface area (Å²) in [6.07, 6.45) is 6.07. The molecule has 0 unspecified atom stereocenters. The van der Waals surface area contributed by atoms with E-state index < -0.39 is 0 Å². The second kappa shape index (κ2) is 9.06. The fourth-order valence-electron chi connectivity index (χ4n) is 5.42. The third-order valence-electron chi connectivity index (χ3n) is 7.37. The van der Waals surface area contributed by atoms with Crippen LogP contribution < -0.4 is 10.2 Å². The summed E-state index contributed by atoms with van der Waals surface area (Å²) in [4.78, 5) is 19.2. The van der Waals surface area contributed by atoms with Crippen LogP contribution in [0, 0.1) is 6.92 Å². The van der Waals surface area contributed by atoms with Crippen molar-refractivity contribution in [3.8, 4) is 11.1 Å². The number of nitrogens with one attached hydrogen (secondary N) is 1. The monoisotopic (exact) mass is 479 g/mol. The molecule has 0 spiro atoms. The Kier molecular flexibility index (Phi) is 5.72. The number of piperazine rings is 1. The van der Waals surface area contributed by atoms with E-state index >= 15 is 0 Å². The average molecular weight is 480 g/mol. The van der Waals surface area contributed by atoms with Crippen LogP contribution in [0.2, 0.25) is 0 Å². The van der Waals surface area contributed by atoms with Crippen LogP contribution in [0.4, 0.5) is 11.5 Å². The van der Waals surface area contributed by atoms with Gasteiger partial charge in [0.25, 0.3) is 0 Å². The van der Waals surface area contributed by atoms with Crippen molar-refractivity contribution >= 4 is 28.1 Å².